The van der Waals surface area contributed by atoms with Crippen molar-refractivity contribution in [2.75, 3.05) is 0 Å². The predicted molar refractivity (Wildman–Crippen MR) is 66.9 cm³/mol. The topological polar surface area (TPSA) is 48.1 Å². The van der Waals surface area contributed by atoms with Gasteiger partial charge in [0.25, 0.3) is 5.69 Å². The van der Waals surface area contributed by atoms with E-state index in [9.17, 15) is 10.1 Å². The van der Waals surface area contributed by atoms with Crippen molar-refractivity contribution in [3.63, 3.8) is 0 Å². The Hall–Kier alpha value is -1.81. The first-order valence-corrected chi connectivity index (χ1v) is 5.48. The third-order valence-corrected chi connectivity index (χ3v) is 2.97. The molecule has 0 radical (unpaired) electrons. The van der Waals surface area contributed by atoms with Gasteiger partial charge in [-0.15, -0.1) is 0 Å². The summed E-state index contributed by atoms with van der Waals surface area (Å²) in [5, 5.41) is 11.3. The van der Waals surface area contributed by atoms with Crippen molar-refractivity contribution >= 4 is 17.3 Å². The van der Waals surface area contributed by atoms with Gasteiger partial charge in [0.15, 0.2) is 0 Å². The van der Waals surface area contributed by atoms with Crippen molar-refractivity contribution in [1.82, 2.24) is 4.57 Å². The lowest BCUT2D eigenvalue weighted by molar-refractivity contribution is -0.384. The van der Waals surface area contributed by atoms with E-state index in [0.717, 1.165) is 11.4 Å². The van der Waals surface area contributed by atoms with Gasteiger partial charge >= 0.3 is 0 Å². The SMILES string of the molecule is Cc1ccc(C)n1-c1cc([N+](=O)[O-])ccc1Cl. The largest absolute Gasteiger partial charge is 0.317 e. The molecule has 0 aliphatic heterocycles. The Morgan fingerprint density at radius 2 is 1.76 bits per heavy atom. The van der Waals surface area contributed by atoms with Crippen molar-refractivity contribution < 1.29 is 4.92 Å². The Morgan fingerprint density at radius 1 is 1.18 bits per heavy atom. The second kappa shape index (κ2) is 4.22. The summed E-state index contributed by atoms with van der Waals surface area (Å²) in [5.74, 6) is 0. The average molecular weight is 251 g/mol. The molecule has 1 aromatic heterocycles. The van der Waals surface area contributed by atoms with Gasteiger partial charge < -0.3 is 4.57 Å². The van der Waals surface area contributed by atoms with Gasteiger partial charge in [-0.1, -0.05) is 11.6 Å². The molecule has 5 heteroatoms. The fourth-order valence-electron chi connectivity index (χ4n) is 1.83. The van der Waals surface area contributed by atoms with Crippen LogP contribution in [0.3, 0.4) is 0 Å². The fourth-order valence-corrected chi connectivity index (χ4v) is 2.04. The van der Waals surface area contributed by atoms with E-state index in [2.05, 4.69) is 0 Å². The van der Waals surface area contributed by atoms with E-state index in [1.807, 2.05) is 30.5 Å². The molecule has 0 fully saturated rings. The average Bonchev–Trinajstić information content (AvgIpc) is 2.59. The number of hydrogen-bond donors (Lipinski definition) is 0. The number of nitro benzene ring substituents is 1. The molecule has 0 saturated heterocycles. The lowest BCUT2D eigenvalue weighted by atomic mass is 10.2. The molecule has 0 atom stereocenters. The van der Waals surface area contributed by atoms with Gasteiger partial charge in [-0.25, -0.2) is 0 Å². The molecule has 4 nitrogen and oxygen atoms in total. The van der Waals surface area contributed by atoms with Crippen LogP contribution >= 0.6 is 11.6 Å². The lowest BCUT2D eigenvalue weighted by Crippen LogP contribution is -2.00. The first-order chi connectivity index (χ1) is 8.00. The van der Waals surface area contributed by atoms with Crippen LogP contribution in [0.15, 0.2) is 30.3 Å². The number of halogens is 1. The second-order valence-corrected chi connectivity index (χ2v) is 4.25. The van der Waals surface area contributed by atoms with E-state index >= 15 is 0 Å². The van der Waals surface area contributed by atoms with Gasteiger partial charge in [0, 0.05) is 23.5 Å². The number of aromatic nitrogens is 1. The van der Waals surface area contributed by atoms with Gasteiger partial charge in [-0.05, 0) is 32.0 Å². The van der Waals surface area contributed by atoms with Crippen LogP contribution in [-0.2, 0) is 0 Å². The van der Waals surface area contributed by atoms with Crippen molar-refractivity contribution in [2.24, 2.45) is 0 Å². The van der Waals surface area contributed by atoms with Gasteiger partial charge in [-0.2, -0.15) is 0 Å². The summed E-state index contributed by atoms with van der Waals surface area (Å²) < 4.78 is 1.90. The normalized spacial score (nSPS) is 10.5. The minimum absolute atomic E-state index is 0.0388. The second-order valence-electron chi connectivity index (χ2n) is 3.84. The van der Waals surface area contributed by atoms with Crippen molar-refractivity contribution in [2.45, 2.75) is 13.8 Å². The van der Waals surface area contributed by atoms with Crippen LogP contribution in [0.25, 0.3) is 5.69 Å². The van der Waals surface area contributed by atoms with Crippen LogP contribution in [0.4, 0.5) is 5.69 Å². The first-order valence-electron chi connectivity index (χ1n) is 5.10. The first kappa shape index (κ1) is 11.7. The number of non-ortho nitro benzene ring substituents is 1. The Morgan fingerprint density at radius 3 is 2.29 bits per heavy atom. The smallest absolute Gasteiger partial charge is 0.271 e. The zero-order chi connectivity index (χ0) is 12.6. The molecule has 0 aliphatic carbocycles. The van der Waals surface area contributed by atoms with Crippen molar-refractivity contribution in [1.29, 1.82) is 0 Å². The predicted octanol–water partition coefficient (Wildman–Crippen LogP) is 3.66. The van der Waals surface area contributed by atoms with Gasteiger partial charge in [0.05, 0.1) is 15.6 Å². The summed E-state index contributed by atoms with van der Waals surface area (Å²) >= 11 is 6.09. The third-order valence-electron chi connectivity index (χ3n) is 2.65. The van der Waals surface area contributed by atoms with E-state index in [-0.39, 0.29) is 5.69 Å². The standard InChI is InChI=1S/C12H11ClN2O2/c1-8-3-4-9(2)14(8)12-7-10(15(16)17)5-6-11(12)13/h3-7H,1-2H3. The fraction of sp³-hybridized carbons (Fsp3) is 0.167. The Labute approximate surface area is 104 Å². The highest BCUT2D eigenvalue weighted by molar-refractivity contribution is 6.32. The maximum atomic E-state index is 10.8. The molecule has 0 aliphatic rings. The minimum atomic E-state index is -0.423. The zero-order valence-electron chi connectivity index (χ0n) is 9.48. The summed E-state index contributed by atoms with van der Waals surface area (Å²) in [6, 6.07) is 8.34. The Balaban J connectivity index is 2.66. The van der Waals surface area contributed by atoms with Gasteiger partial charge in [-0.3, -0.25) is 10.1 Å². The molecule has 0 unspecified atom stereocenters. The molecular weight excluding hydrogens is 240 g/mol. The molecule has 17 heavy (non-hydrogen) atoms. The van der Waals surface area contributed by atoms with E-state index in [4.69, 9.17) is 11.6 Å². The molecular formula is C12H11ClN2O2. The number of aryl methyl sites for hydroxylation is 2. The van der Waals surface area contributed by atoms with E-state index in [1.54, 1.807) is 6.07 Å². The van der Waals surface area contributed by atoms with Crippen LogP contribution in [0.2, 0.25) is 5.02 Å². The van der Waals surface area contributed by atoms with Crippen LogP contribution in [0.1, 0.15) is 11.4 Å². The molecule has 2 aromatic rings. The van der Waals surface area contributed by atoms with Crippen LogP contribution in [0.5, 0.6) is 0 Å². The highest BCUT2D eigenvalue weighted by atomic mass is 35.5. The molecule has 88 valence electrons. The number of hydrogen-bond acceptors (Lipinski definition) is 2. The number of nitrogens with zero attached hydrogens (tertiary/aromatic N) is 2. The summed E-state index contributed by atoms with van der Waals surface area (Å²) in [4.78, 5) is 10.3. The molecule has 2 rings (SSSR count). The zero-order valence-corrected chi connectivity index (χ0v) is 10.2. The number of benzene rings is 1. The van der Waals surface area contributed by atoms with Crippen molar-refractivity contribution in [3.05, 3.63) is 56.9 Å². The quantitative estimate of drug-likeness (QED) is 0.603. The van der Waals surface area contributed by atoms with E-state index in [1.165, 1.54) is 12.1 Å². The lowest BCUT2D eigenvalue weighted by Gasteiger charge is -2.10. The highest BCUT2D eigenvalue weighted by Crippen LogP contribution is 2.28. The van der Waals surface area contributed by atoms with Gasteiger partial charge in [0.1, 0.15) is 0 Å². The Kier molecular flexibility index (Phi) is 2.90. The minimum Gasteiger partial charge on any atom is -0.317 e. The third kappa shape index (κ3) is 2.03. The molecule has 1 heterocycles. The maximum Gasteiger partial charge on any atom is 0.271 e. The highest BCUT2D eigenvalue weighted by Gasteiger charge is 2.13. The summed E-state index contributed by atoms with van der Waals surface area (Å²) in [7, 11) is 0. The molecule has 0 spiro atoms. The number of rotatable bonds is 2. The number of nitro groups is 1. The van der Waals surface area contributed by atoms with Crippen LogP contribution in [0, 0.1) is 24.0 Å². The summed E-state index contributed by atoms with van der Waals surface area (Å²) in [5.41, 5.74) is 2.66. The van der Waals surface area contributed by atoms with E-state index < -0.39 is 4.92 Å². The molecule has 1 aromatic carbocycles. The van der Waals surface area contributed by atoms with Crippen molar-refractivity contribution in [3.8, 4) is 5.69 Å². The molecule has 0 N–H and O–H groups in total. The monoisotopic (exact) mass is 250 g/mol. The van der Waals surface area contributed by atoms with Crippen LogP contribution in [-0.4, -0.2) is 9.49 Å². The summed E-state index contributed by atoms with van der Waals surface area (Å²) in [6.45, 7) is 3.87. The Bertz CT molecular complexity index is 571. The maximum absolute atomic E-state index is 10.8. The van der Waals surface area contributed by atoms with Gasteiger partial charge in [0.2, 0.25) is 0 Å². The summed E-state index contributed by atoms with van der Waals surface area (Å²) in [6.07, 6.45) is 0. The van der Waals surface area contributed by atoms with Crippen LogP contribution < -0.4 is 0 Å². The molecule has 0 amide bonds. The molecule has 0 saturated carbocycles. The molecule has 0 bridgehead atoms. The van der Waals surface area contributed by atoms with E-state index in [0.29, 0.717) is 10.7 Å².